The van der Waals surface area contributed by atoms with Crippen molar-refractivity contribution < 1.29 is 9.53 Å². The van der Waals surface area contributed by atoms with E-state index in [0.29, 0.717) is 5.56 Å². The number of hydrogen-bond acceptors (Lipinski definition) is 3. The largest absolute Gasteiger partial charge is 0.465 e. The molecular formula is C22H17NO2. The molecule has 4 aromatic rings. The molecule has 0 aliphatic carbocycles. The van der Waals surface area contributed by atoms with Crippen molar-refractivity contribution in [3.05, 3.63) is 77.9 Å². The summed E-state index contributed by atoms with van der Waals surface area (Å²) in [6, 6.07) is 22.0. The lowest BCUT2D eigenvalue weighted by Gasteiger charge is -2.11. The van der Waals surface area contributed by atoms with Gasteiger partial charge in [0.25, 0.3) is 0 Å². The van der Waals surface area contributed by atoms with Gasteiger partial charge in [0, 0.05) is 16.3 Å². The number of pyridine rings is 1. The fourth-order valence-corrected chi connectivity index (χ4v) is 3.11. The Morgan fingerprint density at radius 3 is 2.44 bits per heavy atom. The summed E-state index contributed by atoms with van der Waals surface area (Å²) < 4.78 is 5.00. The maximum absolute atomic E-state index is 12.4. The molecule has 0 saturated heterocycles. The zero-order valence-electron chi connectivity index (χ0n) is 14.1. The third-order valence-electron chi connectivity index (χ3n) is 4.46. The van der Waals surface area contributed by atoms with Gasteiger partial charge in [0.05, 0.1) is 23.9 Å². The van der Waals surface area contributed by atoms with Crippen molar-refractivity contribution in [3.63, 3.8) is 0 Å². The number of carbonyl (C=O) groups is 1. The van der Waals surface area contributed by atoms with Crippen molar-refractivity contribution in [2.45, 2.75) is 6.92 Å². The third kappa shape index (κ3) is 2.64. The zero-order valence-corrected chi connectivity index (χ0v) is 14.1. The minimum Gasteiger partial charge on any atom is -0.465 e. The highest BCUT2D eigenvalue weighted by Gasteiger charge is 2.16. The van der Waals surface area contributed by atoms with Gasteiger partial charge in [-0.2, -0.15) is 0 Å². The highest BCUT2D eigenvalue weighted by atomic mass is 16.5. The molecule has 1 aromatic heterocycles. The second-order valence-corrected chi connectivity index (χ2v) is 6.10. The van der Waals surface area contributed by atoms with Crippen LogP contribution in [0, 0.1) is 6.92 Å². The van der Waals surface area contributed by atoms with E-state index in [1.807, 2.05) is 73.7 Å². The number of ether oxygens (including phenoxy) is 1. The van der Waals surface area contributed by atoms with Gasteiger partial charge in [-0.25, -0.2) is 9.78 Å². The molecule has 0 N–H and O–H groups in total. The predicted octanol–water partition coefficient (Wildman–Crippen LogP) is 5.15. The maximum Gasteiger partial charge on any atom is 0.338 e. The van der Waals surface area contributed by atoms with Crippen LogP contribution >= 0.6 is 0 Å². The first-order valence-electron chi connectivity index (χ1n) is 8.15. The van der Waals surface area contributed by atoms with Gasteiger partial charge >= 0.3 is 5.97 Å². The maximum atomic E-state index is 12.4. The number of carbonyl (C=O) groups excluding carboxylic acids is 1. The first kappa shape index (κ1) is 15.3. The van der Waals surface area contributed by atoms with Crippen molar-refractivity contribution in [2.24, 2.45) is 0 Å². The smallest absolute Gasteiger partial charge is 0.338 e. The van der Waals surface area contributed by atoms with Crippen LogP contribution < -0.4 is 0 Å². The van der Waals surface area contributed by atoms with E-state index in [9.17, 15) is 4.79 Å². The number of aryl methyl sites for hydroxylation is 1. The number of nitrogens with zero attached hydrogens (tertiary/aromatic N) is 1. The highest BCUT2D eigenvalue weighted by Crippen LogP contribution is 2.30. The van der Waals surface area contributed by atoms with Gasteiger partial charge in [-0.3, -0.25) is 0 Å². The van der Waals surface area contributed by atoms with Crippen LogP contribution in [-0.2, 0) is 4.74 Å². The molecule has 1 heterocycles. The van der Waals surface area contributed by atoms with Gasteiger partial charge in [-0.05, 0) is 18.4 Å². The fourth-order valence-electron chi connectivity index (χ4n) is 3.11. The summed E-state index contributed by atoms with van der Waals surface area (Å²) >= 11 is 0. The predicted molar refractivity (Wildman–Crippen MR) is 101 cm³/mol. The number of methoxy groups -OCH3 is 1. The minimum atomic E-state index is -0.351. The summed E-state index contributed by atoms with van der Waals surface area (Å²) in [6.07, 6.45) is 0. The average Bonchev–Trinajstić information content (AvgIpc) is 2.67. The summed E-state index contributed by atoms with van der Waals surface area (Å²) in [5, 5.41) is 2.93. The van der Waals surface area contributed by atoms with Gasteiger partial charge in [0.2, 0.25) is 0 Å². The molecule has 3 heteroatoms. The Kier molecular flexibility index (Phi) is 3.69. The van der Waals surface area contributed by atoms with E-state index >= 15 is 0 Å². The van der Waals surface area contributed by atoms with Crippen molar-refractivity contribution in [1.29, 1.82) is 0 Å². The third-order valence-corrected chi connectivity index (χ3v) is 4.46. The zero-order chi connectivity index (χ0) is 17.4. The molecule has 0 spiro atoms. The van der Waals surface area contributed by atoms with E-state index in [2.05, 4.69) is 0 Å². The topological polar surface area (TPSA) is 39.2 Å². The minimum absolute atomic E-state index is 0.351. The van der Waals surface area contributed by atoms with Crippen molar-refractivity contribution in [1.82, 2.24) is 4.98 Å². The number of esters is 1. The van der Waals surface area contributed by atoms with E-state index in [1.54, 1.807) is 0 Å². The van der Waals surface area contributed by atoms with Crippen LogP contribution in [0.4, 0.5) is 0 Å². The summed E-state index contributed by atoms with van der Waals surface area (Å²) in [5.41, 5.74) is 4.28. The monoisotopic (exact) mass is 327 g/mol. The Morgan fingerprint density at radius 1 is 0.920 bits per heavy atom. The molecule has 0 aliphatic heterocycles. The number of benzene rings is 3. The van der Waals surface area contributed by atoms with Crippen molar-refractivity contribution >= 4 is 27.6 Å². The molecule has 25 heavy (non-hydrogen) atoms. The molecule has 0 fully saturated rings. The molecule has 0 amide bonds. The highest BCUT2D eigenvalue weighted by molar-refractivity contribution is 6.13. The summed E-state index contributed by atoms with van der Waals surface area (Å²) in [7, 11) is 1.40. The number of aromatic nitrogens is 1. The van der Waals surface area contributed by atoms with Crippen molar-refractivity contribution in [3.8, 4) is 11.3 Å². The fraction of sp³-hybridized carbons (Fsp3) is 0.0909. The Labute approximate surface area is 145 Å². The standard InChI is InChI=1S/C22H17NO2/c1-14-7-9-16(10-8-14)20-13-19(22(24)25-2)18-12-11-15-5-3-4-6-17(15)21(18)23-20/h3-13H,1-2H3. The Hall–Kier alpha value is -3.20. The molecule has 0 saturated carbocycles. The van der Waals surface area contributed by atoms with Crippen molar-refractivity contribution in [2.75, 3.05) is 7.11 Å². The summed E-state index contributed by atoms with van der Waals surface area (Å²) in [4.78, 5) is 17.2. The lowest BCUT2D eigenvalue weighted by Crippen LogP contribution is -2.04. The number of hydrogen-bond donors (Lipinski definition) is 0. The van der Waals surface area contributed by atoms with E-state index in [1.165, 1.54) is 12.7 Å². The van der Waals surface area contributed by atoms with E-state index in [0.717, 1.165) is 32.9 Å². The van der Waals surface area contributed by atoms with Gasteiger partial charge in [-0.1, -0.05) is 66.2 Å². The second-order valence-electron chi connectivity index (χ2n) is 6.10. The van der Waals surface area contributed by atoms with Crippen LogP contribution in [0.2, 0.25) is 0 Å². The molecular weight excluding hydrogens is 310 g/mol. The Bertz CT molecular complexity index is 1100. The van der Waals surface area contributed by atoms with Crippen LogP contribution in [0.1, 0.15) is 15.9 Å². The summed E-state index contributed by atoms with van der Waals surface area (Å²) in [6.45, 7) is 2.05. The molecule has 3 aromatic carbocycles. The molecule has 0 radical (unpaired) electrons. The first-order valence-corrected chi connectivity index (χ1v) is 8.15. The van der Waals surface area contributed by atoms with Gasteiger partial charge < -0.3 is 4.74 Å². The molecule has 0 bridgehead atoms. The Morgan fingerprint density at radius 2 is 1.68 bits per heavy atom. The Balaban J connectivity index is 2.09. The molecule has 0 atom stereocenters. The van der Waals surface area contributed by atoms with Gasteiger partial charge in [-0.15, -0.1) is 0 Å². The lowest BCUT2D eigenvalue weighted by molar-refractivity contribution is 0.0603. The van der Waals surface area contributed by atoms with E-state index in [-0.39, 0.29) is 5.97 Å². The number of rotatable bonds is 2. The number of fused-ring (bicyclic) bond motifs is 3. The van der Waals surface area contributed by atoms with Gasteiger partial charge in [0.1, 0.15) is 0 Å². The quantitative estimate of drug-likeness (QED) is 0.377. The van der Waals surface area contributed by atoms with Crippen LogP contribution in [0.15, 0.2) is 66.7 Å². The first-order chi connectivity index (χ1) is 12.2. The SMILES string of the molecule is COC(=O)c1cc(-c2ccc(C)cc2)nc2c1ccc1ccccc12. The molecule has 4 rings (SSSR count). The van der Waals surface area contributed by atoms with Gasteiger partial charge in [0.15, 0.2) is 0 Å². The molecule has 0 aliphatic rings. The lowest BCUT2D eigenvalue weighted by atomic mass is 10.00. The van der Waals surface area contributed by atoms with Crippen LogP contribution in [0.25, 0.3) is 32.9 Å². The summed E-state index contributed by atoms with van der Waals surface area (Å²) in [5.74, 6) is -0.351. The normalized spacial score (nSPS) is 11.0. The molecule has 122 valence electrons. The second kappa shape index (κ2) is 6.02. The average molecular weight is 327 g/mol. The van der Waals surface area contributed by atoms with Crippen LogP contribution in [0.3, 0.4) is 0 Å². The van der Waals surface area contributed by atoms with Crippen LogP contribution in [-0.4, -0.2) is 18.1 Å². The van der Waals surface area contributed by atoms with Crippen LogP contribution in [0.5, 0.6) is 0 Å². The molecule has 3 nitrogen and oxygen atoms in total. The molecule has 0 unspecified atom stereocenters. The van der Waals surface area contributed by atoms with E-state index in [4.69, 9.17) is 9.72 Å². The van der Waals surface area contributed by atoms with E-state index < -0.39 is 0 Å².